The van der Waals surface area contributed by atoms with Gasteiger partial charge in [0, 0.05) is 5.56 Å². The summed E-state index contributed by atoms with van der Waals surface area (Å²) in [4.78, 5) is 30.6. The molecule has 1 heterocycles. The van der Waals surface area contributed by atoms with Crippen molar-refractivity contribution < 1.29 is 9.18 Å². The predicted octanol–water partition coefficient (Wildman–Crippen LogP) is 4.89. The number of ketones is 1. The topological polar surface area (TPSA) is 52.0 Å². The van der Waals surface area contributed by atoms with Crippen LogP contribution in [-0.2, 0) is 0 Å². The molecule has 0 saturated carbocycles. The van der Waals surface area contributed by atoms with Gasteiger partial charge in [0.15, 0.2) is 10.9 Å². The van der Waals surface area contributed by atoms with Gasteiger partial charge in [-0.2, -0.15) is 0 Å². The maximum Gasteiger partial charge on any atom is 0.266 e. The molecule has 4 aromatic rings. The molecule has 0 spiro atoms. The number of para-hydroxylation sites is 2. The summed E-state index contributed by atoms with van der Waals surface area (Å²) in [5.41, 5.74) is 0.820. The maximum absolute atomic E-state index is 14.5. The molecule has 0 aliphatic carbocycles. The molecule has 0 N–H and O–H groups in total. The summed E-state index contributed by atoms with van der Waals surface area (Å²) >= 11 is 1.14. The Kier molecular flexibility index (Phi) is 5.27. The van der Waals surface area contributed by atoms with Crippen LogP contribution in [0.2, 0.25) is 0 Å². The lowest BCUT2D eigenvalue weighted by Gasteiger charge is -2.16. The lowest BCUT2D eigenvalue weighted by Crippen LogP contribution is -2.24. The van der Waals surface area contributed by atoms with Gasteiger partial charge < -0.3 is 0 Å². The molecule has 0 fully saturated rings. The number of thioether (sulfide) groups is 1. The molecule has 1 atom stereocenters. The molecule has 0 aliphatic rings. The van der Waals surface area contributed by atoms with E-state index in [2.05, 4.69) is 4.98 Å². The molecule has 1 unspecified atom stereocenters. The lowest BCUT2D eigenvalue weighted by molar-refractivity contribution is 0.0994. The smallest absolute Gasteiger partial charge is 0.266 e. The standard InChI is InChI=1S/C23H17FN2O2S/c1-15(21(27)16-9-3-2-4-10-16)29-23-25-19-13-7-5-11-17(19)22(28)26(23)20-14-8-6-12-18(20)24/h2-15H,1H3. The minimum Gasteiger partial charge on any atom is -0.293 e. The van der Waals surface area contributed by atoms with Gasteiger partial charge in [-0.15, -0.1) is 0 Å². The number of fused-ring (bicyclic) bond motifs is 1. The van der Waals surface area contributed by atoms with Crippen molar-refractivity contribution in [2.75, 3.05) is 0 Å². The third kappa shape index (κ3) is 3.71. The molecule has 6 heteroatoms. The number of Topliss-reactive ketones (excluding diaryl/α,β-unsaturated/α-hetero) is 1. The fraction of sp³-hybridized carbons (Fsp3) is 0.0870. The van der Waals surface area contributed by atoms with Crippen LogP contribution in [0.15, 0.2) is 88.8 Å². The van der Waals surface area contributed by atoms with E-state index in [0.717, 1.165) is 11.8 Å². The van der Waals surface area contributed by atoms with E-state index in [9.17, 15) is 14.0 Å². The first-order chi connectivity index (χ1) is 14.1. The first-order valence-electron chi connectivity index (χ1n) is 9.09. The van der Waals surface area contributed by atoms with Gasteiger partial charge in [-0.25, -0.2) is 9.37 Å². The van der Waals surface area contributed by atoms with Crippen molar-refractivity contribution in [2.24, 2.45) is 0 Å². The SMILES string of the molecule is CC(Sc1nc2ccccc2c(=O)n1-c1ccccc1F)C(=O)c1ccccc1. The van der Waals surface area contributed by atoms with Crippen LogP contribution in [0.3, 0.4) is 0 Å². The largest absolute Gasteiger partial charge is 0.293 e. The molecule has 29 heavy (non-hydrogen) atoms. The fourth-order valence-corrected chi connectivity index (χ4v) is 4.08. The van der Waals surface area contributed by atoms with Gasteiger partial charge in [-0.05, 0) is 31.2 Å². The second kappa shape index (κ2) is 8.01. The summed E-state index contributed by atoms with van der Waals surface area (Å²) < 4.78 is 15.8. The monoisotopic (exact) mass is 404 g/mol. The maximum atomic E-state index is 14.5. The van der Waals surface area contributed by atoms with Crippen LogP contribution in [-0.4, -0.2) is 20.6 Å². The summed E-state index contributed by atoms with van der Waals surface area (Å²) in [6.07, 6.45) is 0. The zero-order valence-corrected chi connectivity index (χ0v) is 16.4. The normalized spacial score (nSPS) is 12.1. The van der Waals surface area contributed by atoms with Crippen molar-refractivity contribution in [1.82, 2.24) is 9.55 Å². The summed E-state index contributed by atoms with van der Waals surface area (Å²) in [6.45, 7) is 1.76. The van der Waals surface area contributed by atoms with Crippen molar-refractivity contribution in [2.45, 2.75) is 17.3 Å². The van der Waals surface area contributed by atoms with E-state index in [1.54, 1.807) is 67.6 Å². The summed E-state index contributed by atoms with van der Waals surface area (Å²) in [7, 11) is 0. The second-order valence-electron chi connectivity index (χ2n) is 6.49. The predicted molar refractivity (Wildman–Crippen MR) is 113 cm³/mol. The van der Waals surface area contributed by atoms with E-state index < -0.39 is 11.1 Å². The molecular weight excluding hydrogens is 387 g/mol. The molecule has 4 rings (SSSR count). The third-order valence-corrected chi connectivity index (χ3v) is 5.60. The van der Waals surface area contributed by atoms with Crippen molar-refractivity contribution >= 4 is 28.4 Å². The summed E-state index contributed by atoms with van der Waals surface area (Å²) in [5, 5.41) is 0.154. The Morgan fingerprint density at radius 3 is 2.38 bits per heavy atom. The van der Waals surface area contributed by atoms with Crippen molar-refractivity contribution in [3.05, 3.63) is 101 Å². The highest BCUT2D eigenvalue weighted by molar-refractivity contribution is 8.00. The number of rotatable bonds is 5. The summed E-state index contributed by atoms with van der Waals surface area (Å²) in [5.74, 6) is -0.617. The van der Waals surface area contributed by atoms with Gasteiger partial charge in [0.25, 0.3) is 5.56 Å². The Labute approximate surface area is 171 Å². The van der Waals surface area contributed by atoms with Gasteiger partial charge in [0.2, 0.25) is 0 Å². The molecule has 4 nitrogen and oxygen atoms in total. The second-order valence-corrected chi connectivity index (χ2v) is 7.80. The Balaban J connectivity index is 1.85. The Bertz CT molecular complexity index is 1250. The van der Waals surface area contributed by atoms with Crippen LogP contribution < -0.4 is 5.56 Å². The van der Waals surface area contributed by atoms with Gasteiger partial charge >= 0.3 is 0 Å². The van der Waals surface area contributed by atoms with Crippen molar-refractivity contribution in [3.63, 3.8) is 0 Å². The number of nitrogens with zero attached hydrogens (tertiary/aromatic N) is 2. The molecule has 1 aromatic heterocycles. The van der Waals surface area contributed by atoms with E-state index >= 15 is 0 Å². The lowest BCUT2D eigenvalue weighted by atomic mass is 10.1. The molecule has 0 saturated heterocycles. The number of carbonyl (C=O) groups is 1. The number of hydrogen-bond acceptors (Lipinski definition) is 4. The Morgan fingerprint density at radius 1 is 0.966 bits per heavy atom. The molecular formula is C23H17FN2O2S. The van der Waals surface area contributed by atoms with Crippen LogP contribution in [0.5, 0.6) is 0 Å². The van der Waals surface area contributed by atoms with Gasteiger partial charge in [-0.1, -0.05) is 66.4 Å². The zero-order valence-electron chi connectivity index (χ0n) is 15.6. The van der Waals surface area contributed by atoms with E-state index in [-0.39, 0.29) is 22.2 Å². The van der Waals surface area contributed by atoms with E-state index in [0.29, 0.717) is 16.5 Å². The fourth-order valence-electron chi connectivity index (χ4n) is 3.09. The molecule has 0 aliphatic heterocycles. The van der Waals surface area contributed by atoms with Crippen LogP contribution in [0.4, 0.5) is 4.39 Å². The highest BCUT2D eigenvalue weighted by atomic mass is 32.2. The minimum absolute atomic E-state index is 0.0851. The van der Waals surface area contributed by atoms with E-state index in [1.807, 2.05) is 6.07 Å². The Hall–Kier alpha value is -3.25. The zero-order chi connectivity index (χ0) is 20.4. The number of hydrogen-bond donors (Lipinski definition) is 0. The molecule has 3 aromatic carbocycles. The molecule has 144 valence electrons. The van der Waals surface area contributed by atoms with Crippen molar-refractivity contribution in [3.8, 4) is 5.69 Å². The quantitative estimate of drug-likeness (QED) is 0.270. The van der Waals surface area contributed by atoms with Crippen LogP contribution in [0.1, 0.15) is 17.3 Å². The highest BCUT2D eigenvalue weighted by Crippen LogP contribution is 2.27. The van der Waals surface area contributed by atoms with Crippen LogP contribution in [0, 0.1) is 5.82 Å². The summed E-state index contributed by atoms with van der Waals surface area (Å²) in [6, 6.07) is 21.9. The average molecular weight is 404 g/mol. The molecule has 0 bridgehead atoms. The van der Waals surface area contributed by atoms with Crippen molar-refractivity contribution in [1.29, 1.82) is 0 Å². The first kappa shape index (κ1) is 19.1. The van der Waals surface area contributed by atoms with Gasteiger partial charge in [0.1, 0.15) is 5.82 Å². The number of aromatic nitrogens is 2. The van der Waals surface area contributed by atoms with Crippen LogP contribution in [0.25, 0.3) is 16.6 Å². The van der Waals surface area contributed by atoms with E-state index in [1.165, 1.54) is 16.7 Å². The third-order valence-electron chi connectivity index (χ3n) is 4.55. The molecule has 0 amide bonds. The minimum atomic E-state index is -0.532. The average Bonchev–Trinajstić information content (AvgIpc) is 2.75. The highest BCUT2D eigenvalue weighted by Gasteiger charge is 2.22. The van der Waals surface area contributed by atoms with Crippen LogP contribution >= 0.6 is 11.8 Å². The number of halogens is 1. The number of benzene rings is 3. The van der Waals surface area contributed by atoms with E-state index in [4.69, 9.17) is 0 Å². The van der Waals surface area contributed by atoms with Gasteiger partial charge in [0.05, 0.1) is 21.8 Å². The first-order valence-corrected chi connectivity index (χ1v) is 9.97. The number of carbonyl (C=O) groups excluding carboxylic acids is 1. The Morgan fingerprint density at radius 2 is 1.62 bits per heavy atom. The molecule has 0 radical (unpaired) electrons. The van der Waals surface area contributed by atoms with Gasteiger partial charge in [-0.3, -0.25) is 14.2 Å².